The van der Waals surface area contributed by atoms with Crippen LogP contribution in [0.3, 0.4) is 0 Å². The van der Waals surface area contributed by atoms with E-state index in [1.165, 1.54) is 6.07 Å². The average Bonchev–Trinajstić information content (AvgIpc) is 2.60. The van der Waals surface area contributed by atoms with Crippen LogP contribution in [-0.2, 0) is 15.6 Å². The summed E-state index contributed by atoms with van der Waals surface area (Å²) in [5.74, 6) is 0.678. The molecule has 0 aliphatic rings. The summed E-state index contributed by atoms with van der Waals surface area (Å²) in [6, 6.07) is 13.7. The van der Waals surface area contributed by atoms with Gasteiger partial charge >= 0.3 is 0 Å². The highest BCUT2D eigenvalue weighted by atomic mass is 32.2. The summed E-state index contributed by atoms with van der Waals surface area (Å²) in [5, 5.41) is 10.5. The second-order valence-corrected chi connectivity index (χ2v) is 8.01. The van der Waals surface area contributed by atoms with E-state index in [0.29, 0.717) is 17.9 Å². The van der Waals surface area contributed by atoms with Crippen molar-refractivity contribution in [3.63, 3.8) is 0 Å². The Labute approximate surface area is 149 Å². The number of benzene rings is 2. The first-order chi connectivity index (χ1) is 11.8. The number of aliphatic hydroxyl groups is 1. The number of aryl methyl sites for hydroxylation is 1. The van der Waals surface area contributed by atoms with Crippen LogP contribution >= 0.6 is 0 Å². The summed E-state index contributed by atoms with van der Waals surface area (Å²) < 4.78 is 33.1. The van der Waals surface area contributed by atoms with E-state index in [1.807, 2.05) is 19.9 Å². The maximum atomic E-state index is 12.5. The van der Waals surface area contributed by atoms with Gasteiger partial charge in [-0.05, 0) is 49.6 Å². The molecule has 0 aliphatic heterocycles. The van der Waals surface area contributed by atoms with Crippen LogP contribution in [0.1, 0.15) is 31.4 Å². The molecule has 0 saturated carbocycles. The molecule has 5 nitrogen and oxygen atoms in total. The molecular formula is C19H25NO4S. The Morgan fingerprint density at radius 2 is 1.84 bits per heavy atom. The number of hydrogen-bond donors (Lipinski definition) is 2. The second kappa shape index (κ2) is 7.99. The highest BCUT2D eigenvalue weighted by molar-refractivity contribution is 7.89. The van der Waals surface area contributed by atoms with E-state index in [-0.39, 0.29) is 11.4 Å². The van der Waals surface area contributed by atoms with Crippen molar-refractivity contribution < 1.29 is 18.3 Å². The molecule has 6 heteroatoms. The number of nitrogens with one attached hydrogen (secondary N) is 1. The number of hydrogen-bond acceptors (Lipinski definition) is 4. The molecule has 0 aromatic heterocycles. The monoisotopic (exact) mass is 363 g/mol. The van der Waals surface area contributed by atoms with E-state index in [9.17, 15) is 13.5 Å². The highest BCUT2D eigenvalue weighted by Crippen LogP contribution is 2.23. The molecule has 2 rings (SSSR count). The van der Waals surface area contributed by atoms with Crippen molar-refractivity contribution in [3.8, 4) is 5.75 Å². The SMILES string of the molecule is CCCOc1ccc(S(=O)(=O)NCC(C)(O)c2ccccc2)cc1C. The summed E-state index contributed by atoms with van der Waals surface area (Å²) in [4.78, 5) is 0.151. The summed E-state index contributed by atoms with van der Waals surface area (Å²) in [6.45, 7) is 5.87. The Morgan fingerprint density at radius 1 is 1.16 bits per heavy atom. The smallest absolute Gasteiger partial charge is 0.240 e. The molecule has 2 aromatic carbocycles. The average molecular weight is 363 g/mol. The Morgan fingerprint density at radius 3 is 2.44 bits per heavy atom. The van der Waals surface area contributed by atoms with Gasteiger partial charge in [0.1, 0.15) is 11.4 Å². The molecule has 0 spiro atoms. The van der Waals surface area contributed by atoms with Gasteiger partial charge in [0.2, 0.25) is 10.0 Å². The normalized spacial score (nSPS) is 14.1. The van der Waals surface area contributed by atoms with Gasteiger partial charge in [-0.2, -0.15) is 0 Å². The second-order valence-electron chi connectivity index (χ2n) is 6.24. The van der Waals surface area contributed by atoms with Gasteiger partial charge in [-0.3, -0.25) is 0 Å². The topological polar surface area (TPSA) is 75.6 Å². The van der Waals surface area contributed by atoms with Gasteiger partial charge in [0.05, 0.1) is 11.5 Å². The Balaban J connectivity index is 2.12. The predicted octanol–water partition coefficient (Wildman–Crippen LogP) is 2.97. The zero-order chi connectivity index (χ0) is 18.5. The third-order valence-electron chi connectivity index (χ3n) is 3.92. The van der Waals surface area contributed by atoms with E-state index in [1.54, 1.807) is 43.3 Å². The van der Waals surface area contributed by atoms with Crippen LogP contribution in [0, 0.1) is 6.92 Å². The molecule has 1 atom stereocenters. The van der Waals surface area contributed by atoms with Gasteiger partial charge in [0.25, 0.3) is 0 Å². The van der Waals surface area contributed by atoms with Gasteiger partial charge < -0.3 is 9.84 Å². The van der Waals surface area contributed by atoms with Crippen LogP contribution < -0.4 is 9.46 Å². The number of rotatable bonds is 8. The molecule has 0 saturated heterocycles. The maximum Gasteiger partial charge on any atom is 0.240 e. The Kier molecular flexibility index (Phi) is 6.21. The lowest BCUT2D eigenvalue weighted by Crippen LogP contribution is -2.38. The van der Waals surface area contributed by atoms with Gasteiger partial charge in [-0.1, -0.05) is 37.3 Å². The fourth-order valence-electron chi connectivity index (χ4n) is 2.38. The summed E-state index contributed by atoms with van der Waals surface area (Å²) in [6.07, 6.45) is 0.885. The van der Waals surface area contributed by atoms with E-state index >= 15 is 0 Å². The van der Waals surface area contributed by atoms with Crippen molar-refractivity contribution in [2.24, 2.45) is 0 Å². The van der Waals surface area contributed by atoms with Crippen molar-refractivity contribution in [2.75, 3.05) is 13.2 Å². The van der Waals surface area contributed by atoms with Crippen LogP contribution in [0.25, 0.3) is 0 Å². The first-order valence-electron chi connectivity index (χ1n) is 8.27. The molecule has 0 bridgehead atoms. The fraction of sp³-hybridized carbons (Fsp3) is 0.368. The van der Waals surface area contributed by atoms with Gasteiger partial charge in [-0.25, -0.2) is 13.1 Å². The van der Waals surface area contributed by atoms with E-state index < -0.39 is 15.6 Å². The summed E-state index contributed by atoms with van der Waals surface area (Å²) in [7, 11) is -3.73. The number of ether oxygens (including phenoxy) is 1. The van der Waals surface area contributed by atoms with Gasteiger partial charge in [0.15, 0.2) is 0 Å². The lowest BCUT2D eigenvalue weighted by atomic mass is 9.97. The largest absolute Gasteiger partial charge is 0.493 e. The Hall–Kier alpha value is -1.89. The van der Waals surface area contributed by atoms with E-state index in [0.717, 1.165) is 12.0 Å². The lowest BCUT2D eigenvalue weighted by molar-refractivity contribution is 0.0627. The summed E-state index contributed by atoms with van der Waals surface area (Å²) >= 11 is 0. The molecule has 2 aromatic rings. The third kappa shape index (κ3) is 5.04. The molecule has 0 radical (unpaired) electrons. The molecule has 0 amide bonds. The molecule has 1 unspecified atom stereocenters. The van der Waals surface area contributed by atoms with Crippen LogP contribution in [0.5, 0.6) is 5.75 Å². The first-order valence-corrected chi connectivity index (χ1v) is 9.75. The molecule has 0 fully saturated rings. The predicted molar refractivity (Wildman–Crippen MR) is 98.2 cm³/mol. The van der Waals surface area contributed by atoms with Crippen molar-refractivity contribution >= 4 is 10.0 Å². The van der Waals surface area contributed by atoms with Crippen LogP contribution in [-0.4, -0.2) is 26.7 Å². The van der Waals surface area contributed by atoms with E-state index in [4.69, 9.17) is 4.74 Å². The zero-order valence-electron chi connectivity index (χ0n) is 14.8. The summed E-state index contributed by atoms with van der Waals surface area (Å²) in [5.41, 5.74) is 0.108. The molecule has 25 heavy (non-hydrogen) atoms. The van der Waals surface area contributed by atoms with Crippen LogP contribution in [0.2, 0.25) is 0 Å². The van der Waals surface area contributed by atoms with Gasteiger partial charge in [-0.15, -0.1) is 0 Å². The minimum Gasteiger partial charge on any atom is -0.493 e. The molecule has 136 valence electrons. The van der Waals surface area contributed by atoms with Crippen LogP contribution in [0.4, 0.5) is 0 Å². The highest BCUT2D eigenvalue weighted by Gasteiger charge is 2.26. The standard InChI is InChI=1S/C19H25NO4S/c1-4-12-24-18-11-10-17(13-15(18)2)25(22,23)20-14-19(3,21)16-8-6-5-7-9-16/h5-11,13,20-21H,4,12,14H2,1-3H3. The molecule has 0 heterocycles. The van der Waals surface area contributed by atoms with Crippen LogP contribution in [0.15, 0.2) is 53.4 Å². The molecular weight excluding hydrogens is 338 g/mol. The third-order valence-corrected chi connectivity index (χ3v) is 5.32. The molecule has 0 aliphatic carbocycles. The van der Waals surface area contributed by atoms with Crippen molar-refractivity contribution in [2.45, 2.75) is 37.7 Å². The molecule has 2 N–H and O–H groups in total. The minimum absolute atomic E-state index is 0.119. The Bertz CT molecular complexity index is 801. The minimum atomic E-state index is -3.73. The first kappa shape index (κ1) is 19.4. The van der Waals surface area contributed by atoms with Crippen molar-refractivity contribution in [3.05, 3.63) is 59.7 Å². The van der Waals surface area contributed by atoms with Gasteiger partial charge in [0, 0.05) is 6.54 Å². The lowest BCUT2D eigenvalue weighted by Gasteiger charge is -2.24. The zero-order valence-corrected chi connectivity index (χ0v) is 15.6. The van der Waals surface area contributed by atoms with Crippen molar-refractivity contribution in [1.82, 2.24) is 4.72 Å². The quantitative estimate of drug-likeness (QED) is 0.756. The fourth-order valence-corrected chi connectivity index (χ4v) is 3.60. The maximum absolute atomic E-state index is 12.5. The number of sulfonamides is 1. The van der Waals surface area contributed by atoms with E-state index in [2.05, 4.69) is 4.72 Å². The van der Waals surface area contributed by atoms with Crippen molar-refractivity contribution in [1.29, 1.82) is 0 Å².